The second kappa shape index (κ2) is 6.97. The zero-order valence-electron chi connectivity index (χ0n) is 15.6. The van der Waals surface area contributed by atoms with E-state index in [1.54, 1.807) is 24.3 Å². The van der Waals surface area contributed by atoms with Crippen molar-refractivity contribution in [2.24, 2.45) is 5.92 Å². The van der Waals surface area contributed by atoms with Crippen molar-refractivity contribution in [3.8, 4) is 5.75 Å². The maximum atomic E-state index is 12.9. The molecule has 148 valence electrons. The van der Waals surface area contributed by atoms with Crippen molar-refractivity contribution in [3.63, 3.8) is 0 Å². The molecule has 1 aliphatic heterocycles. The third-order valence-electron chi connectivity index (χ3n) is 5.15. The summed E-state index contributed by atoms with van der Waals surface area (Å²) in [6.45, 7) is 1.99. The number of hydrogen-bond acceptors (Lipinski definition) is 4. The first-order chi connectivity index (χ1) is 13.3. The summed E-state index contributed by atoms with van der Waals surface area (Å²) in [5.74, 6) is 0.640. The average Bonchev–Trinajstić information content (AvgIpc) is 3.43. The lowest BCUT2D eigenvalue weighted by Gasteiger charge is -2.22. The molecule has 1 unspecified atom stereocenters. The molecule has 8 heteroatoms. The summed E-state index contributed by atoms with van der Waals surface area (Å²) in [7, 11) is -2.37. The van der Waals surface area contributed by atoms with Gasteiger partial charge in [0.05, 0.1) is 17.7 Å². The van der Waals surface area contributed by atoms with E-state index in [2.05, 4.69) is 4.72 Å². The average molecular weight is 421 g/mol. The molecule has 1 fully saturated rings. The number of halogens is 1. The van der Waals surface area contributed by atoms with Crippen LogP contribution in [0.3, 0.4) is 0 Å². The van der Waals surface area contributed by atoms with Crippen LogP contribution in [0.4, 0.5) is 11.4 Å². The van der Waals surface area contributed by atoms with Gasteiger partial charge in [0.25, 0.3) is 10.0 Å². The van der Waals surface area contributed by atoms with Gasteiger partial charge in [-0.3, -0.25) is 9.52 Å². The van der Waals surface area contributed by atoms with Gasteiger partial charge in [-0.25, -0.2) is 8.42 Å². The van der Waals surface area contributed by atoms with Gasteiger partial charge >= 0.3 is 0 Å². The number of amides is 1. The van der Waals surface area contributed by atoms with Crippen molar-refractivity contribution in [2.45, 2.75) is 37.1 Å². The van der Waals surface area contributed by atoms with E-state index < -0.39 is 10.0 Å². The number of methoxy groups -OCH3 is 1. The summed E-state index contributed by atoms with van der Waals surface area (Å²) in [6, 6.07) is 9.66. The summed E-state index contributed by atoms with van der Waals surface area (Å²) in [6.07, 6.45) is 2.52. The molecule has 0 spiro atoms. The number of ether oxygens (including phenoxy) is 1. The number of hydrogen-bond donors (Lipinski definition) is 1. The van der Waals surface area contributed by atoms with E-state index in [1.165, 1.54) is 19.2 Å². The summed E-state index contributed by atoms with van der Waals surface area (Å²) >= 11 is 5.99. The van der Waals surface area contributed by atoms with Crippen LogP contribution < -0.4 is 14.4 Å². The van der Waals surface area contributed by atoms with Gasteiger partial charge in [0.15, 0.2) is 0 Å². The molecule has 0 radical (unpaired) electrons. The molecular formula is C20H21ClN2O4S. The molecule has 0 aromatic heterocycles. The molecule has 1 amide bonds. The van der Waals surface area contributed by atoms with Crippen molar-refractivity contribution in [2.75, 3.05) is 16.7 Å². The summed E-state index contributed by atoms with van der Waals surface area (Å²) < 4.78 is 33.6. The molecule has 1 saturated carbocycles. The smallest absolute Gasteiger partial charge is 0.262 e. The molecule has 2 aromatic carbocycles. The Morgan fingerprint density at radius 3 is 2.64 bits per heavy atom. The van der Waals surface area contributed by atoms with Gasteiger partial charge in [0.1, 0.15) is 5.75 Å². The minimum atomic E-state index is -3.84. The lowest BCUT2D eigenvalue weighted by atomic mass is 10.1. The highest BCUT2D eigenvalue weighted by molar-refractivity contribution is 7.92. The second-order valence-corrected chi connectivity index (χ2v) is 9.40. The molecule has 1 heterocycles. The SMILES string of the molecule is COc1ccc(Cl)cc1NS(=O)(=O)c1ccc2c(c1)CC(C)N2C(=O)C1CC1. The van der Waals surface area contributed by atoms with Crippen molar-refractivity contribution < 1.29 is 17.9 Å². The van der Waals surface area contributed by atoms with Crippen molar-refractivity contribution in [3.05, 3.63) is 47.0 Å². The van der Waals surface area contributed by atoms with Crippen LogP contribution in [0.25, 0.3) is 0 Å². The van der Waals surface area contributed by atoms with E-state index in [0.29, 0.717) is 17.2 Å². The Kier molecular flexibility index (Phi) is 4.75. The van der Waals surface area contributed by atoms with Crippen LogP contribution >= 0.6 is 11.6 Å². The Bertz CT molecular complexity index is 1050. The fourth-order valence-corrected chi connectivity index (χ4v) is 4.88. The Balaban J connectivity index is 1.64. The van der Waals surface area contributed by atoms with Crippen LogP contribution in [-0.2, 0) is 21.2 Å². The topological polar surface area (TPSA) is 75.7 Å². The molecule has 1 N–H and O–H groups in total. The number of benzene rings is 2. The zero-order chi connectivity index (χ0) is 20.1. The van der Waals surface area contributed by atoms with Crippen molar-refractivity contribution in [1.29, 1.82) is 0 Å². The predicted octanol–water partition coefficient (Wildman–Crippen LogP) is 3.84. The number of carbonyl (C=O) groups excluding carboxylic acids is 1. The quantitative estimate of drug-likeness (QED) is 0.797. The van der Waals surface area contributed by atoms with E-state index in [0.717, 1.165) is 24.1 Å². The number of nitrogens with zero attached hydrogens (tertiary/aromatic N) is 1. The molecule has 2 aromatic rings. The number of anilines is 2. The highest BCUT2D eigenvalue weighted by atomic mass is 35.5. The first-order valence-corrected chi connectivity index (χ1v) is 11.0. The zero-order valence-corrected chi connectivity index (χ0v) is 17.2. The third-order valence-corrected chi connectivity index (χ3v) is 6.75. The maximum absolute atomic E-state index is 12.9. The minimum absolute atomic E-state index is 0.0297. The molecule has 0 saturated heterocycles. The van der Waals surface area contributed by atoms with E-state index in [-0.39, 0.29) is 28.4 Å². The Labute approximate surface area is 169 Å². The number of fused-ring (bicyclic) bond motifs is 1. The summed E-state index contributed by atoms with van der Waals surface area (Å²) in [4.78, 5) is 14.5. The van der Waals surface area contributed by atoms with Crippen molar-refractivity contribution in [1.82, 2.24) is 0 Å². The highest BCUT2D eigenvalue weighted by Crippen LogP contribution is 2.40. The van der Waals surface area contributed by atoms with Gasteiger partial charge in [0, 0.05) is 22.7 Å². The second-order valence-electron chi connectivity index (χ2n) is 7.28. The molecule has 6 nitrogen and oxygen atoms in total. The van der Waals surface area contributed by atoms with Gasteiger partial charge in [0.2, 0.25) is 5.91 Å². The number of rotatable bonds is 5. The van der Waals surface area contributed by atoms with Gasteiger partial charge in [-0.2, -0.15) is 0 Å². The summed E-state index contributed by atoms with van der Waals surface area (Å²) in [5, 5.41) is 0.399. The maximum Gasteiger partial charge on any atom is 0.262 e. The van der Waals surface area contributed by atoms with Crippen LogP contribution in [-0.4, -0.2) is 27.5 Å². The molecular weight excluding hydrogens is 400 g/mol. The fourth-order valence-electron chi connectivity index (χ4n) is 3.60. The van der Waals surface area contributed by atoms with Gasteiger partial charge < -0.3 is 9.64 Å². The normalized spacial score (nSPS) is 18.7. The Morgan fingerprint density at radius 2 is 1.96 bits per heavy atom. The number of nitrogens with one attached hydrogen (secondary N) is 1. The number of sulfonamides is 1. The third kappa shape index (κ3) is 3.44. The van der Waals surface area contributed by atoms with E-state index >= 15 is 0 Å². The largest absolute Gasteiger partial charge is 0.495 e. The van der Waals surface area contributed by atoms with Crippen LogP contribution in [0.5, 0.6) is 5.75 Å². The molecule has 2 aliphatic rings. The van der Waals surface area contributed by atoms with E-state index in [4.69, 9.17) is 16.3 Å². The van der Waals surface area contributed by atoms with E-state index in [9.17, 15) is 13.2 Å². The minimum Gasteiger partial charge on any atom is -0.495 e. The van der Waals surface area contributed by atoms with Gasteiger partial charge in [-0.1, -0.05) is 11.6 Å². The van der Waals surface area contributed by atoms with E-state index in [1.807, 2.05) is 11.8 Å². The molecule has 28 heavy (non-hydrogen) atoms. The standard InChI is InChI=1S/C20H21ClN2O4S/c1-12-9-14-10-16(6-7-18(14)23(12)20(24)13-3-4-13)28(25,26)22-17-11-15(21)5-8-19(17)27-2/h5-8,10-13,22H,3-4,9H2,1-2H3. The molecule has 4 rings (SSSR count). The Morgan fingerprint density at radius 1 is 1.21 bits per heavy atom. The fraction of sp³-hybridized carbons (Fsp3) is 0.350. The highest BCUT2D eigenvalue weighted by Gasteiger charge is 2.39. The molecule has 1 atom stereocenters. The molecule has 0 bridgehead atoms. The number of carbonyl (C=O) groups is 1. The monoisotopic (exact) mass is 420 g/mol. The Hall–Kier alpha value is -2.25. The van der Waals surface area contributed by atoms with Crippen LogP contribution in [0.2, 0.25) is 5.02 Å². The van der Waals surface area contributed by atoms with Crippen LogP contribution in [0.15, 0.2) is 41.3 Å². The van der Waals surface area contributed by atoms with Crippen LogP contribution in [0.1, 0.15) is 25.3 Å². The first-order valence-electron chi connectivity index (χ1n) is 9.12. The lowest BCUT2D eigenvalue weighted by molar-refractivity contribution is -0.120. The van der Waals surface area contributed by atoms with Gasteiger partial charge in [-0.05, 0) is 68.1 Å². The van der Waals surface area contributed by atoms with Crippen LogP contribution in [0, 0.1) is 5.92 Å². The van der Waals surface area contributed by atoms with Crippen molar-refractivity contribution >= 4 is 38.9 Å². The summed E-state index contributed by atoms with van der Waals surface area (Å²) in [5.41, 5.74) is 1.94. The molecule has 1 aliphatic carbocycles. The first kappa shape index (κ1) is 19.1. The predicted molar refractivity (Wildman–Crippen MR) is 109 cm³/mol. The van der Waals surface area contributed by atoms with Gasteiger partial charge in [-0.15, -0.1) is 0 Å². The lowest BCUT2D eigenvalue weighted by Crippen LogP contribution is -2.36.